The van der Waals surface area contributed by atoms with E-state index in [9.17, 15) is 10.1 Å². The lowest BCUT2D eigenvalue weighted by molar-refractivity contribution is -0.383. The van der Waals surface area contributed by atoms with E-state index in [1.165, 1.54) is 0 Å². The van der Waals surface area contributed by atoms with Crippen LogP contribution in [-0.2, 0) is 0 Å². The Morgan fingerprint density at radius 3 is 2.32 bits per heavy atom. The summed E-state index contributed by atoms with van der Waals surface area (Å²) in [6, 6.07) is 4.97. The Bertz CT molecular complexity index is 436. The van der Waals surface area contributed by atoms with Crippen LogP contribution in [0.4, 0.5) is 17.1 Å². The molecular weight excluding hydrogens is 242 g/mol. The molecule has 0 aliphatic carbocycles. The SMILES string of the molecule is CC(C)C(CNc1cccc(N)c1[N+](=O)[O-])C(C)C. The molecule has 0 aliphatic rings. The van der Waals surface area contributed by atoms with Gasteiger partial charge in [0, 0.05) is 6.54 Å². The van der Waals surface area contributed by atoms with Crippen LogP contribution in [0.3, 0.4) is 0 Å². The van der Waals surface area contributed by atoms with E-state index in [-0.39, 0.29) is 11.4 Å². The average molecular weight is 265 g/mol. The molecule has 0 unspecified atom stereocenters. The summed E-state index contributed by atoms with van der Waals surface area (Å²) in [4.78, 5) is 10.6. The summed E-state index contributed by atoms with van der Waals surface area (Å²) >= 11 is 0. The van der Waals surface area contributed by atoms with E-state index in [4.69, 9.17) is 5.73 Å². The number of nitrogens with one attached hydrogen (secondary N) is 1. The highest BCUT2D eigenvalue weighted by Gasteiger charge is 2.21. The number of nitro groups is 1. The van der Waals surface area contributed by atoms with Gasteiger partial charge in [0.2, 0.25) is 0 Å². The summed E-state index contributed by atoms with van der Waals surface area (Å²) in [5.41, 5.74) is 6.32. The molecule has 19 heavy (non-hydrogen) atoms. The summed E-state index contributed by atoms with van der Waals surface area (Å²) in [6.07, 6.45) is 0. The van der Waals surface area contributed by atoms with Crippen molar-refractivity contribution in [1.82, 2.24) is 0 Å². The Hall–Kier alpha value is -1.78. The summed E-state index contributed by atoms with van der Waals surface area (Å²) in [5, 5.41) is 14.2. The van der Waals surface area contributed by atoms with E-state index in [1.54, 1.807) is 18.2 Å². The van der Waals surface area contributed by atoms with Crippen LogP contribution in [0, 0.1) is 27.9 Å². The van der Waals surface area contributed by atoms with Crippen LogP contribution in [0.15, 0.2) is 18.2 Å². The highest BCUT2D eigenvalue weighted by molar-refractivity contribution is 5.74. The molecule has 0 amide bonds. The Morgan fingerprint density at radius 2 is 1.84 bits per heavy atom. The van der Waals surface area contributed by atoms with Crippen molar-refractivity contribution in [3.63, 3.8) is 0 Å². The van der Waals surface area contributed by atoms with Crippen molar-refractivity contribution in [1.29, 1.82) is 0 Å². The van der Waals surface area contributed by atoms with E-state index in [1.807, 2.05) is 0 Å². The number of para-hydroxylation sites is 1. The van der Waals surface area contributed by atoms with E-state index in [0.29, 0.717) is 30.0 Å². The molecule has 0 heterocycles. The minimum Gasteiger partial charge on any atom is -0.393 e. The van der Waals surface area contributed by atoms with Crippen molar-refractivity contribution in [2.75, 3.05) is 17.6 Å². The third kappa shape index (κ3) is 3.84. The van der Waals surface area contributed by atoms with E-state index >= 15 is 0 Å². The Labute approximate surface area is 114 Å². The maximum Gasteiger partial charge on any atom is 0.314 e. The zero-order chi connectivity index (χ0) is 14.6. The van der Waals surface area contributed by atoms with Gasteiger partial charge in [-0.2, -0.15) is 0 Å². The lowest BCUT2D eigenvalue weighted by Gasteiger charge is -2.25. The monoisotopic (exact) mass is 265 g/mol. The first-order valence-electron chi connectivity index (χ1n) is 6.61. The number of nitrogens with zero attached hydrogens (tertiary/aromatic N) is 1. The molecule has 1 aromatic rings. The lowest BCUT2D eigenvalue weighted by atomic mass is 9.85. The van der Waals surface area contributed by atoms with Crippen LogP contribution >= 0.6 is 0 Å². The van der Waals surface area contributed by atoms with Gasteiger partial charge in [-0.05, 0) is 29.9 Å². The first kappa shape index (κ1) is 15.3. The Balaban J connectivity index is 2.88. The second-order valence-electron chi connectivity index (χ2n) is 5.53. The molecule has 1 rings (SSSR count). The van der Waals surface area contributed by atoms with Crippen LogP contribution in [0.2, 0.25) is 0 Å². The maximum absolute atomic E-state index is 11.0. The van der Waals surface area contributed by atoms with Crippen LogP contribution in [0.25, 0.3) is 0 Å². The fourth-order valence-corrected chi connectivity index (χ4v) is 2.38. The fraction of sp³-hybridized carbons (Fsp3) is 0.571. The molecule has 0 fully saturated rings. The second kappa shape index (κ2) is 6.41. The van der Waals surface area contributed by atoms with Crippen molar-refractivity contribution in [2.45, 2.75) is 27.7 Å². The fourth-order valence-electron chi connectivity index (χ4n) is 2.38. The van der Waals surface area contributed by atoms with Gasteiger partial charge in [0.05, 0.1) is 4.92 Å². The first-order chi connectivity index (χ1) is 8.84. The summed E-state index contributed by atoms with van der Waals surface area (Å²) < 4.78 is 0. The number of anilines is 2. The quantitative estimate of drug-likeness (QED) is 0.468. The molecule has 0 spiro atoms. The number of nitrogens with two attached hydrogens (primary N) is 1. The van der Waals surface area contributed by atoms with E-state index in [0.717, 1.165) is 0 Å². The van der Waals surface area contributed by atoms with E-state index < -0.39 is 4.92 Å². The zero-order valence-corrected chi connectivity index (χ0v) is 12.0. The largest absolute Gasteiger partial charge is 0.393 e. The number of nitrogen functional groups attached to an aromatic ring is 1. The molecule has 0 bridgehead atoms. The topological polar surface area (TPSA) is 81.2 Å². The van der Waals surface area contributed by atoms with Crippen LogP contribution < -0.4 is 11.1 Å². The van der Waals surface area contributed by atoms with Crippen LogP contribution in [0.1, 0.15) is 27.7 Å². The number of nitro benzene ring substituents is 1. The van der Waals surface area contributed by atoms with Gasteiger partial charge >= 0.3 is 5.69 Å². The summed E-state index contributed by atoms with van der Waals surface area (Å²) in [5.74, 6) is 1.50. The molecular formula is C14H23N3O2. The lowest BCUT2D eigenvalue weighted by Crippen LogP contribution is -2.24. The predicted octanol–water partition coefficient (Wildman–Crippen LogP) is 3.52. The van der Waals surface area contributed by atoms with Gasteiger partial charge in [0.15, 0.2) is 0 Å². The third-order valence-electron chi connectivity index (χ3n) is 3.49. The molecule has 0 aliphatic heterocycles. The third-order valence-corrected chi connectivity index (χ3v) is 3.49. The number of benzene rings is 1. The van der Waals surface area contributed by atoms with Gasteiger partial charge in [0.25, 0.3) is 0 Å². The van der Waals surface area contributed by atoms with Gasteiger partial charge in [-0.25, -0.2) is 0 Å². The van der Waals surface area contributed by atoms with Crippen molar-refractivity contribution in [3.05, 3.63) is 28.3 Å². The molecule has 5 heteroatoms. The normalized spacial score (nSPS) is 11.3. The van der Waals surface area contributed by atoms with Crippen LogP contribution in [-0.4, -0.2) is 11.5 Å². The summed E-state index contributed by atoms with van der Waals surface area (Å²) in [6.45, 7) is 9.38. The number of rotatable bonds is 6. The first-order valence-corrected chi connectivity index (χ1v) is 6.61. The van der Waals surface area contributed by atoms with Gasteiger partial charge < -0.3 is 11.1 Å². The van der Waals surface area contributed by atoms with Crippen LogP contribution in [0.5, 0.6) is 0 Å². The van der Waals surface area contributed by atoms with Crippen molar-refractivity contribution >= 4 is 17.1 Å². The van der Waals surface area contributed by atoms with Crippen molar-refractivity contribution in [2.24, 2.45) is 17.8 Å². The highest BCUT2D eigenvalue weighted by Crippen LogP contribution is 2.31. The van der Waals surface area contributed by atoms with Crippen molar-refractivity contribution in [3.8, 4) is 0 Å². The molecule has 3 N–H and O–H groups in total. The van der Waals surface area contributed by atoms with Gasteiger partial charge in [0.1, 0.15) is 11.4 Å². The summed E-state index contributed by atoms with van der Waals surface area (Å²) in [7, 11) is 0. The molecule has 0 aromatic heterocycles. The molecule has 106 valence electrons. The second-order valence-corrected chi connectivity index (χ2v) is 5.53. The number of hydrogen-bond donors (Lipinski definition) is 2. The molecule has 0 atom stereocenters. The molecule has 5 nitrogen and oxygen atoms in total. The van der Waals surface area contributed by atoms with Gasteiger partial charge in [-0.3, -0.25) is 10.1 Å². The van der Waals surface area contributed by atoms with Crippen molar-refractivity contribution < 1.29 is 4.92 Å². The Morgan fingerprint density at radius 1 is 1.26 bits per heavy atom. The zero-order valence-electron chi connectivity index (χ0n) is 12.0. The Kier molecular flexibility index (Phi) is 5.15. The maximum atomic E-state index is 11.0. The molecule has 1 aromatic carbocycles. The molecule has 0 radical (unpaired) electrons. The van der Waals surface area contributed by atoms with E-state index in [2.05, 4.69) is 33.0 Å². The average Bonchev–Trinajstić information content (AvgIpc) is 2.27. The number of hydrogen-bond acceptors (Lipinski definition) is 4. The predicted molar refractivity (Wildman–Crippen MR) is 79.2 cm³/mol. The minimum atomic E-state index is -0.433. The van der Waals surface area contributed by atoms with Gasteiger partial charge in [-0.15, -0.1) is 0 Å². The smallest absolute Gasteiger partial charge is 0.314 e. The standard InChI is InChI=1S/C14H23N3O2/c1-9(2)11(10(3)4)8-16-13-7-5-6-12(15)14(13)17(18)19/h5-7,9-11,16H,8,15H2,1-4H3. The molecule has 0 saturated carbocycles. The molecule has 0 saturated heterocycles. The minimum absolute atomic E-state index is 0.0336. The van der Waals surface area contributed by atoms with Gasteiger partial charge in [-0.1, -0.05) is 33.8 Å². The highest BCUT2D eigenvalue weighted by atomic mass is 16.6.